The van der Waals surface area contributed by atoms with E-state index in [4.69, 9.17) is 4.98 Å². The number of aromatic nitrogens is 2. The Bertz CT molecular complexity index is 918. The summed E-state index contributed by atoms with van der Waals surface area (Å²) in [4.78, 5) is 7.37. The van der Waals surface area contributed by atoms with Crippen molar-refractivity contribution in [3.8, 4) is 0 Å². The highest BCUT2D eigenvalue weighted by molar-refractivity contribution is 5.75. The molecule has 2 fully saturated rings. The molecule has 0 N–H and O–H groups in total. The quantitative estimate of drug-likeness (QED) is 0.694. The number of rotatable bonds is 5. The van der Waals surface area contributed by atoms with Gasteiger partial charge in [-0.2, -0.15) is 0 Å². The molecule has 0 bridgehead atoms. The number of hydrogen-bond acceptors (Lipinski definition) is 2. The molecule has 2 unspecified atom stereocenters. The summed E-state index contributed by atoms with van der Waals surface area (Å²) in [6.07, 6.45) is 2.31. The van der Waals surface area contributed by atoms with Crippen LogP contribution in [0.2, 0.25) is 0 Å². The maximum absolute atomic E-state index is 13.0. The zero-order chi connectivity index (χ0) is 17.7. The maximum atomic E-state index is 13.0. The van der Waals surface area contributed by atoms with E-state index in [0.717, 1.165) is 42.1 Å². The summed E-state index contributed by atoms with van der Waals surface area (Å²) < 4.78 is 15.2. The van der Waals surface area contributed by atoms with E-state index in [1.165, 1.54) is 30.6 Å². The van der Waals surface area contributed by atoms with E-state index in [1.807, 2.05) is 12.1 Å². The van der Waals surface area contributed by atoms with Crippen LogP contribution < -0.4 is 0 Å². The second-order valence-electron chi connectivity index (χ2n) is 7.93. The summed E-state index contributed by atoms with van der Waals surface area (Å²) in [5.74, 6) is 3.58. The van der Waals surface area contributed by atoms with E-state index in [1.54, 1.807) is 12.1 Å². The zero-order valence-corrected chi connectivity index (χ0v) is 15.1. The van der Waals surface area contributed by atoms with E-state index in [-0.39, 0.29) is 5.82 Å². The van der Waals surface area contributed by atoms with Crippen molar-refractivity contribution in [2.75, 3.05) is 13.1 Å². The van der Waals surface area contributed by atoms with Gasteiger partial charge in [-0.25, -0.2) is 9.37 Å². The molecule has 2 heterocycles. The molecule has 5 rings (SSSR count). The summed E-state index contributed by atoms with van der Waals surface area (Å²) in [6, 6.07) is 15.3. The second-order valence-corrected chi connectivity index (χ2v) is 7.93. The molecule has 1 aliphatic carbocycles. The first kappa shape index (κ1) is 16.0. The van der Waals surface area contributed by atoms with Crippen molar-refractivity contribution in [2.24, 2.45) is 24.8 Å². The van der Waals surface area contributed by atoms with Gasteiger partial charge in [-0.15, -0.1) is 0 Å². The summed E-state index contributed by atoms with van der Waals surface area (Å²) in [5, 5.41) is 0. The van der Waals surface area contributed by atoms with Gasteiger partial charge in [0.2, 0.25) is 0 Å². The fraction of sp³-hybridized carbons (Fsp3) is 0.409. The van der Waals surface area contributed by atoms with Crippen LogP contribution in [0.5, 0.6) is 0 Å². The normalized spacial score (nSPS) is 24.9. The number of aryl methyl sites for hydroxylation is 2. The van der Waals surface area contributed by atoms with Crippen LogP contribution in [0.15, 0.2) is 48.5 Å². The Labute approximate surface area is 153 Å². The van der Waals surface area contributed by atoms with Gasteiger partial charge in [-0.3, -0.25) is 4.90 Å². The molecule has 2 aliphatic rings. The first-order valence-electron chi connectivity index (χ1n) is 9.56. The second kappa shape index (κ2) is 6.20. The molecule has 0 radical (unpaired) electrons. The number of halogens is 1. The lowest BCUT2D eigenvalue weighted by Gasteiger charge is -2.19. The van der Waals surface area contributed by atoms with E-state index in [9.17, 15) is 4.39 Å². The van der Waals surface area contributed by atoms with Crippen LogP contribution in [-0.4, -0.2) is 27.5 Å². The van der Waals surface area contributed by atoms with Gasteiger partial charge in [-0.05, 0) is 60.4 Å². The van der Waals surface area contributed by atoms with Gasteiger partial charge in [0.1, 0.15) is 11.6 Å². The van der Waals surface area contributed by atoms with Crippen molar-refractivity contribution in [3.63, 3.8) is 0 Å². The smallest absolute Gasteiger partial charge is 0.123 e. The largest absolute Gasteiger partial charge is 0.330 e. The number of para-hydroxylation sites is 2. The van der Waals surface area contributed by atoms with Crippen molar-refractivity contribution in [3.05, 3.63) is 65.7 Å². The predicted molar refractivity (Wildman–Crippen MR) is 101 cm³/mol. The highest BCUT2D eigenvalue weighted by Crippen LogP contribution is 2.54. The molecule has 1 aromatic heterocycles. The highest BCUT2D eigenvalue weighted by Gasteiger charge is 2.54. The molecule has 1 saturated carbocycles. The maximum Gasteiger partial charge on any atom is 0.123 e. The molecule has 134 valence electrons. The number of piperidine rings is 1. The molecule has 0 spiro atoms. The molecular formula is C22H24FN3. The molecule has 3 aromatic rings. The third-order valence-electron chi connectivity index (χ3n) is 6.37. The number of hydrogen-bond donors (Lipinski definition) is 0. The molecule has 2 atom stereocenters. The van der Waals surface area contributed by atoms with Crippen LogP contribution in [0.4, 0.5) is 4.39 Å². The minimum absolute atomic E-state index is 0.144. The third kappa shape index (κ3) is 2.82. The van der Waals surface area contributed by atoms with Gasteiger partial charge in [0, 0.05) is 20.1 Å². The minimum atomic E-state index is -0.144. The Morgan fingerprint density at radius 3 is 2.50 bits per heavy atom. The molecule has 3 nitrogen and oxygen atoms in total. The lowest BCUT2D eigenvalue weighted by molar-refractivity contribution is 0.266. The molecule has 0 amide bonds. The van der Waals surface area contributed by atoms with Crippen LogP contribution in [0.3, 0.4) is 0 Å². The molecule has 1 aliphatic heterocycles. The van der Waals surface area contributed by atoms with Gasteiger partial charge < -0.3 is 4.57 Å². The van der Waals surface area contributed by atoms with Crippen LogP contribution in [0.1, 0.15) is 17.8 Å². The van der Waals surface area contributed by atoms with Crippen molar-refractivity contribution in [1.82, 2.24) is 14.5 Å². The SMILES string of the molecule is Cn1c(CN2CC3C(CCc4ccc(F)cc4)C3C2)nc2ccccc21. The van der Waals surface area contributed by atoms with Gasteiger partial charge in [-0.1, -0.05) is 24.3 Å². The van der Waals surface area contributed by atoms with Crippen LogP contribution in [0.25, 0.3) is 11.0 Å². The van der Waals surface area contributed by atoms with E-state index < -0.39 is 0 Å². The Hall–Kier alpha value is -2.20. The number of likely N-dealkylation sites (tertiary alicyclic amines) is 1. The molecular weight excluding hydrogens is 325 g/mol. The fourth-order valence-corrected chi connectivity index (χ4v) is 4.82. The first-order chi connectivity index (χ1) is 12.7. The molecule has 1 saturated heterocycles. The Morgan fingerprint density at radius 1 is 1.04 bits per heavy atom. The van der Waals surface area contributed by atoms with Crippen LogP contribution in [0, 0.1) is 23.6 Å². The lowest BCUT2D eigenvalue weighted by atomic mass is 10.1. The van der Waals surface area contributed by atoms with Gasteiger partial charge in [0.15, 0.2) is 0 Å². The fourth-order valence-electron chi connectivity index (χ4n) is 4.82. The van der Waals surface area contributed by atoms with Gasteiger partial charge in [0.05, 0.1) is 17.6 Å². The van der Waals surface area contributed by atoms with Crippen LogP contribution in [-0.2, 0) is 20.0 Å². The monoisotopic (exact) mass is 349 g/mol. The summed E-state index contributed by atoms with van der Waals surface area (Å²) >= 11 is 0. The van der Waals surface area contributed by atoms with Gasteiger partial charge >= 0.3 is 0 Å². The number of imidazole rings is 1. The Morgan fingerprint density at radius 2 is 1.77 bits per heavy atom. The lowest BCUT2D eigenvalue weighted by Crippen LogP contribution is -2.25. The van der Waals surface area contributed by atoms with Crippen LogP contribution >= 0.6 is 0 Å². The Balaban J connectivity index is 1.16. The van der Waals surface area contributed by atoms with Gasteiger partial charge in [0.25, 0.3) is 0 Å². The van der Waals surface area contributed by atoms with Crippen molar-refractivity contribution in [2.45, 2.75) is 19.4 Å². The number of nitrogens with zero attached hydrogens (tertiary/aromatic N) is 3. The summed E-state index contributed by atoms with van der Waals surface area (Å²) in [6.45, 7) is 3.34. The first-order valence-corrected chi connectivity index (χ1v) is 9.56. The van der Waals surface area contributed by atoms with Crippen molar-refractivity contribution in [1.29, 1.82) is 0 Å². The molecule has 26 heavy (non-hydrogen) atoms. The molecule has 4 heteroatoms. The topological polar surface area (TPSA) is 21.1 Å². The highest BCUT2D eigenvalue weighted by atomic mass is 19.1. The predicted octanol–water partition coefficient (Wildman–Crippen LogP) is 4.02. The third-order valence-corrected chi connectivity index (χ3v) is 6.37. The van der Waals surface area contributed by atoms with Crippen molar-refractivity contribution < 1.29 is 4.39 Å². The summed E-state index contributed by atoms with van der Waals surface area (Å²) in [5.41, 5.74) is 3.56. The standard InChI is InChI=1S/C22H24FN3/c1-25-21-5-3-2-4-20(21)24-22(25)14-26-12-18-17(19(18)13-26)11-8-15-6-9-16(23)10-7-15/h2-7,9-10,17-19H,8,11-14H2,1H3. The average Bonchev–Trinajstić information content (AvgIpc) is 2.98. The number of fused-ring (bicyclic) bond motifs is 2. The van der Waals surface area contributed by atoms with E-state index in [2.05, 4.69) is 40.8 Å². The average molecular weight is 349 g/mol. The zero-order valence-electron chi connectivity index (χ0n) is 15.1. The Kier molecular flexibility index (Phi) is 3.82. The van der Waals surface area contributed by atoms with Crippen molar-refractivity contribution >= 4 is 11.0 Å². The molecule has 2 aromatic carbocycles. The minimum Gasteiger partial charge on any atom is -0.330 e. The summed E-state index contributed by atoms with van der Waals surface area (Å²) in [7, 11) is 2.12. The van der Waals surface area contributed by atoms with E-state index in [0.29, 0.717) is 0 Å². The number of benzene rings is 2. The van der Waals surface area contributed by atoms with E-state index >= 15 is 0 Å².